The van der Waals surface area contributed by atoms with Crippen LogP contribution in [-0.4, -0.2) is 63.5 Å². The van der Waals surface area contributed by atoms with Gasteiger partial charge in [-0.15, -0.1) is 0 Å². The lowest BCUT2D eigenvalue weighted by molar-refractivity contribution is 0.0162. The number of carbonyl (C=O) groups is 1. The predicted molar refractivity (Wildman–Crippen MR) is 129 cm³/mol. The largest absolute Gasteiger partial charge is 0.490 e. The van der Waals surface area contributed by atoms with Gasteiger partial charge in [0.05, 0.1) is 39.1 Å². The highest BCUT2D eigenvalue weighted by Crippen LogP contribution is 2.39. The lowest BCUT2D eigenvalue weighted by atomic mass is 10.0. The summed E-state index contributed by atoms with van der Waals surface area (Å²) in [5.41, 5.74) is 2.87. The third kappa shape index (κ3) is 6.62. The maximum atomic E-state index is 13.2. The molecule has 2 aromatic rings. The van der Waals surface area contributed by atoms with Gasteiger partial charge in [0.15, 0.2) is 11.5 Å². The van der Waals surface area contributed by atoms with Crippen LogP contribution in [0.15, 0.2) is 36.4 Å². The number of ether oxygens (including phenoxy) is 4. The van der Waals surface area contributed by atoms with Crippen LogP contribution in [0.1, 0.15) is 48.3 Å². The minimum Gasteiger partial charge on any atom is -0.490 e. The highest BCUT2D eigenvalue weighted by Gasteiger charge is 2.24. The molecule has 0 bridgehead atoms. The summed E-state index contributed by atoms with van der Waals surface area (Å²) >= 11 is 0. The zero-order valence-electron chi connectivity index (χ0n) is 20.2. The van der Waals surface area contributed by atoms with Crippen LogP contribution in [-0.2, 0) is 4.74 Å². The van der Waals surface area contributed by atoms with E-state index in [1.165, 1.54) is 11.1 Å². The summed E-state index contributed by atoms with van der Waals surface area (Å²) in [7, 11) is 0. The summed E-state index contributed by atoms with van der Waals surface area (Å²) in [4.78, 5) is 15.6. The van der Waals surface area contributed by atoms with Crippen LogP contribution in [0.5, 0.6) is 17.2 Å². The highest BCUT2D eigenvalue weighted by molar-refractivity contribution is 5.95. The molecule has 0 spiro atoms. The van der Waals surface area contributed by atoms with E-state index in [2.05, 4.69) is 41.4 Å². The molecule has 1 amide bonds. The number of benzene rings is 2. The molecule has 1 atom stereocenters. The maximum Gasteiger partial charge on any atom is 0.251 e. The standard InChI is InChI=1S/C26H36N2O5/c1-5-31-23-16-21(17-24(32-6-2)25(23)33-7-3)26(29)27-18-22(28-11-13-30-14-12-28)20-10-8-9-19(4)15-20/h8-10,15-17,22H,5-7,11-14,18H2,1-4H3,(H,27,29). The van der Waals surface area contributed by atoms with E-state index in [0.717, 1.165) is 13.1 Å². The van der Waals surface area contributed by atoms with Gasteiger partial charge >= 0.3 is 0 Å². The SMILES string of the molecule is CCOc1cc(C(=O)NCC(c2cccc(C)c2)N2CCOCC2)cc(OCC)c1OCC. The van der Waals surface area contributed by atoms with Gasteiger partial charge in [-0.25, -0.2) is 0 Å². The molecule has 1 saturated heterocycles. The molecule has 33 heavy (non-hydrogen) atoms. The summed E-state index contributed by atoms with van der Waals surface area (Å²) in [5.74, 6) is 1.38. The fourth-order valence-electron chi connectivity index (χ4n) is 4.04. The van der Waals surface area contributed by atoms with E-state index in [4.69, 9.17) is 18.9 Å². The Morgan fingerprint density at radius 1 is 1.00 bits per heavy atom. The number of amides is 1. The molecule has 7 heteroatoms. The molecular formula is C26H36N2O5. The van der Waals surface area contributed by atoms with Crippen LogP contribution in [0.3, 0.4) is 0 Å². The van der Waals surface area contributed by atoms with Crippen molar-refractivity contribution in [1.29, 1.82) is 0 Å². The smallest absolute Gasteiger partial charge is 0.251 e. The Morgan fingerprint density at radius 3 is 2.21 bits per heavy atom. The molecule has 1 aliphatic heterocycles. The van der Waals surface area contributed by atoms with Crippen molar-refractivity contribution in [2.75, 3.05) is 52.7 Å². The van der Waals surface area contributed by atoms with E-state index in [0.29, 0.717) is 62.4 Å². The normalized spacial score (nSPS) is 15.0. The van der Waals surface area contributed by atoms with Crippen LogP contribution in [0, 0.1) is 6.92 Å². The van der Waals surface area contributed by atoms with Crippen molar-refractivity contribution >= 4 is 5.91 Å². The molecule has 7 nitrogen and oxygen atoms in total. The number of hydrogen-bond donors (Lipinski definition) is 1. The van der Waals surface area contributed by atoms with Gasteiger partial charge in [0.2, 0.25) is 5.75 Å². The van der Waals surface area contributed by atoms with Crippen molar-refractivity contribution in [3.8, 4) is 17.2 Å². The zero-order chi connectivity index (χ0) is 23.6. The average molecular weight is 457 g/mol. The van der Waals surface area contributed by atoms with Crippen LogP contribution in [0.4, 0.5) is 0 Å². The van der Waals surface area contributed by atoms with Crippen LogP contribution in [0.25, 0.3) is 0 Å². The lowest BCUT2D eigenvalue weighted by Gasteiger charge is -2.35. The number of nitrogens with one attached hydrogen (secondary N) is 1. The molecule has 2 aromatic carbocycles. The van der Waals surface area contributed by atoms with E-state index in [-0.39, 0.29) is 11.9 Å². The van der Waals surface area contributed by atoms with Crippen molar-refractivity contribution in [3.05, 3.63) is 53.1 Å². The molecule has 0 saturated carbocycles. The summed E-state index contributed by atoms with van der Waals surface area (Å²) in [6.45, 7) is 12.7. The second kappa shape index (κ2) is 12.5. The Kier molecular flexibility index (Phi) is 9.39. The molecule has 1 unspecified atom stereocenters. The number of carbonyl (C=O) groups excluding carboxylic acids is 1. The van der Waals surface area contributed by atoms with Crippen molar-refractivity contribution in [2.24, 2.45) is 0 Å². The minimum absolute atomic E-state index is 0.0678. The van der Waals surface area contributed by atoms with Crippen molar-refractivity contribution in [2.45, 2.75) is 33.7 Å². The number of nitrogens with zero attached hydrogens (tertiary/aromatic N) is 1. The van der Waals surface area contributed by atoms with Crippen molar-refractivity contribution in [1.82, 2.24) is 10.2 Å². The maximum absolute atomic E-state index is 13.2. The number of hydrogen-bond acceptors (Lipinski definition) is 6. The van der Waals surface area contributed by atoms with Gasteiger partial charge < -0.3 is 24.3 Å². The fourth-order valence-corrected chi connectivity index (χ4v) is 4.04. The van der Waals surface area contributed by atoms with Gasteiger partial charge in [0.1, 0.15) is 0 Å². The van der Waals surface area contributed by atoms with Crippen molar-refractivity contribution < 1.29 is 23.7 Å². The van der Waals surface area contributed by atoms with E-state index in [9.17, 15) is 4.79 Å². The van der Waals surface area contributed by atoms with Gasteiger partial charge in [-0.2, -0.15) is 0 Å². The van der Waals surface area contributed by atoms with E-state index < -0.39 is 0 Å². The lowest BCUT2D eigenvalue weighted by Crippen LogP contribution is -2.43. The number of morpholine rings is 1. The highest BCUT2D eigenvalue weighted by atomic mass is 16.5. The van der Waals surface area contributed by atoms with Gasteiger partial charge in [-0.1, -0.05) is 29.8 Å². The van der Waals surface area contributed by atoms with E-state index >= 15 is 0 Å². The Balaban J connectivity index is 1.83. The first kappa shape index (κ1) is 24.9. The van der Waals surface area contributed by atoms with Crippen LogP contribution >= 0.6 is 0 Å². The molecule has 1 aliphatic rings. The molecule has 1 heterocycles. The van der Waals surface area contributed by atoms with Crippen molar-refractivity contribution in [3.63, 3.8) is 0 Å². The second-order valence-corrected chi connectivity index (χ2v) is 7.89. The molecule has 1 N–H and O–H groups in total. The van der Waals surface area contributed by atoms with E-state index in [1.54, 1.807) is 12.1 Å². The molecule has 0 radical (unpaired) electrons. The van der Waals surface area contributed by atoms with E-state index in [1.807, 2.05) is 20.8 Å². The Labute approximate surface area is 197 Å². The Morgan fingerprint density at radius 2 is 1.64 bits per heavy atom. The number of rotatable bonds is 11. The zero-order valence-corrected chi connectivity index (χ0v) is 20.2. The van der Waals surface area contributed by atoms with Gasteiger partial charge in [-0.05, 0) is 45.4 Å². The summed E-state index contributed by atoms with van der Waals surface area (Å²) in [6.07, 6.45) is 0. The minimum atomic E-state index is -0.175. The summed E-state index contributed by atoms with van der Waals surface area (Å²) in [5, 5.41) is 3.13. The molecule has 0 aromatic heterocycles. The van der Waals surface area contributed by atoms with Crippen LogP contribution < -0.4 is 19.5 Å². The van der Waals surface area contributed by atoms with Gasteiger partial charge in [0, 0.05) is 25.2 Å². The monoisotopic (exact) mass is 456 g/mol. The summed E-state index contributed by atoms with van der Waals surface area (Å²) in [6, 6.07) is 12.0. The second-order valence-electron chi connectivity index (χ2n) is 7.89. The molecule has 0 aliphatic carbocycles. The topological polar surface area (TPSA) is 69.3 Å². The molecule has 180 valence electrons. The Bertz CT molecular complexity index is 884. The molecular weight excluding hydrogens is 420 g/mol. The first-order valence-corrected chi connectivity index (χ1v) is 11.8. The Hall–Kier alpha value is -2.77. The molecule has 3 rings (SSSR count). The predicted octanol–water partition coefficient (Wildman–Crippen LogP) is 3.99. The summed E-state index contributed by atoms with van der Waals surface area (Å²) < 4.78 is 22.8. The first-order valence-electron chi connectivity index (χ1n) is 11.8. The average Bonchev–Trinajstić information content (AvgIpc) is 2.82. The van der Waals surface area contributed by atoms with Gasteiger partial charge in [-0.3, -0.25) is 9.69 Å². The number of aryl methyl sites for hydroxylation is 1. The fraction of sp³-hybridized carbons (Fsp3) is 0.500. The third-order valence-electron chi connectivity index (χ3n) is 5.54. The van der Waals surface area contributed by atoms with Gasteiger partial charge in [0.25, 0.3) is 5.91 Å². The van der Waals surface area contributed by atoms with Crippen LogP contribution in [0.2, 0.25) is 0 Å². The third-order valence-corrected chi connectivity index (χ3v) is 5.54. The molecule has 1 fully saturated rings. The first-order chi connectivity index (χ1) is 16.1. The quantitative estimate of drug-likeness (QED) is 0.551.